The molecule has 142 valence electrons. The van der Waals surface area contributed by atoms with E-state index in [0.29, 0.717) is 29.6 Å². The lowest BCUT2D eigenvalue weighted by Crippen LogP contribution is -2.47. The number of aliphatic hydroxyl groups excluding tert-OH is 1. The fraction of sp³-hybridized carbons (Fsp3) is 0.588. The number of aromatic nitrogens is 1. The first kappa shape index (κ1) is 18.9. The molecule has 0 saturated carbocycles. The Bertz CT molecular complexity index is 677. The molecular formula is C17H24N4O4S. The van der Waals surface area contributed by atoms with E-state index in [2.05, 4.69) is 19.8 Å². The smallest absolute Gasteiger partial charge is 0.331 e. The molecule has 1 aromatic heterocycles. The van der Waals surface area contributed by atoms with Gasteiger partial charge in [0.25, 0.3) is 0 Å². The van der Waals surface area contributed by atoms with E-state index in [0.717, 1.165) is 31.9 Å². The summed E-state index contributed by atoms with van der Waals surface area (Å²) < 4.78 is 5.00. The van der Waals surface area contributed by atoms with Gasteiger partial charge < -0.3 is 19.8 Å². The van der Waals surface area contributed by atoms with Crippen LogP contribution >= 0.6 is 11.8 Å². The van der Waals surface area contributed by atoms with Crippen LogP contribution in [0.25, 0.3) is 0 Å². The molecule has 0 aliphatic carbocycles. The van der Waals surface area contributed by atoms with Gasteiger partial charge in [0.1, 0.15) is 16.5 Å². The van der Waals surface area contributed by atoms with E-state index in [-0.39, 0.29) is 18.3 Å². The summed E-state index contributed by atoms with van der Waals surface area (Å²) in [6.07, 6.45) is 1.73. The van der Waals surface area contributed by atoms with Crippen LogP contribution in [0, 0.1) is 0 Å². The zero-order valence-corrected chi connectivity index (χ0v) is 15.6. The molecule has 1 fully saturated rings. The molecule has 3 heterocycles. The van der Waals surface area contributed by atoms with Crippen LogP contribution < -0.4 is 4.90 Å². The summed E-state index contributed by atoms with van der Waals surface area (Å²) in [7, 11) is 0. The van der Waals surface area contributed by atoms with Crippen molar-refractivity contribution in [3.63, 3.8) is 0 Å². The quantitative estimate of drug-likeness (QED) is 0.681. The number of pyridine rings is 1. The second-order valence-corrected chi connectivity index (χ2v) is 7.14. The van der Waals surface area contributed by atoms with Crippen molar-refractivity contribution in [3.05, 3.63) is 18.0 Å². The number of anilines is 1. The van der Waals surface area contributed by atoms with Crippen molar-refractivity contribution < 1.29 is 19.7 Å². The largest absolute Gasteiger partial charge is 0.506 e. The van der Waals surface area contributed by atoms with Gasteiger partial charge in [0.2, 0.25) is 0 Å². The highest BCUT2D eigenvalue weighted by molar-refractivity contribution is 8.14. The van der Waals surface area contributed by atoms with Crippen LogP contribution in [0.1, 0.15) is 12.6 Å². The number of ether oxygens (including phenoxy) is 1. The molecule has 2 aliphatic heterocycles. The summed E-state index contributed by atoms with van der Waals surface area (Å²) in [5.74, 6) is 0.229. The SMILES string of the molecule is CCOC(=O)[C@H]1CSC(c2ncc(N3CCN(CCO)CC3)cc2O)=N1. The van der Waals surface area contributed by atoms with Crippen LogP contribution in [0.2, 0.25) is 0 Å². The first-order valence-corrected chi connectivity index (χ1v) is 9.75. The van der Waals surface area contributed by atoms with E-state index in [1.54, 1.807) is 19.2 Å². The summed E-state index contributed by atoms with van der Waals surface area (Å²) in [5.41, 5.74) is 1.27. The highest BCUT2D eigenvalue weighted by atomic mass is 32.2. The average molecular weight is 380 g/mol. The minimum Gasteiger partial charge on any atom is -0.506 e. The molecule has 8 nitrogen and oxygen atoms in total. The minimum absolute atomic E-state index is 0.0658. The van der Waals surface area contributed by atoms with E-state index in [1.807, 2.05) is 0 Å². The standard InChI is InChI=1S/C17H24N4O4S/c1-2-25-17(24)13-11-26-16(19-13)15-14(23)9-12(10-18-15)21-5-3-20(4-6-21)7-8-22/h9-10,13,22-23H,2-8,11H2,1H3/t13-/m1/s1. The van der Waals surface area contributed by atoms with Gasteiger partial charge in [-0.15, -0.1) is 11.8 Å². The number of carbonyl (C=O) groups is 1. The van der Waals surface area contributed by atoms with Crippen molar-refractivity contribution in [2.24, 2.45) is 4.99 Å². The average Bonchev–Trinajstić information content (AvgIpc) is 3.13. The normalized spacial score (nSPS) is 20.9. The monoisotopic (exact) mass is 380 g/mol. The molecule has 1 saturated heterocycles. The first-order valence-electron chi connectivity index (χ1n) is 8.77. The van der Waals surface area contributed by atoms with Gasteiger partial charge in [0, 0.05) is 44.5 Å². The van der Waals surface area contributed by atoms with Gasteiger partial charge in [-0.3, -0.25) is 9.89 Å². The van der Waals surface area contributed by atoms with E-state index in [9.17, 15) is 9.90 Å². The van der Waals surface area contributed by atoms with Crippen molar-refractivity contribution in [1.82, 2.24) is 9.88 Å². The van der Waals surface area contributed by atoms with Crippen molar-refractivity contribution in [2.45, 2.75) is 13.0 Å². The van der Waals surface area contributed by atoms with Gasteiger partial charge in [0.05, 0.1) is 25.1 Å². The van der Waals surface area contributed by atoms with Gasteiger partial charge in [-0.1, -0.05) is 0 Å². The van der Waals surface area contributed by atoms with Crippen molar-refractivity contribution in [1.29, 1.82) is 0 Å². The number of carbonyl (C=O) groups excluding carboxylic acids is 1. The Hall–Kier alpha value is -1.84. The van der Waals surface area contributed by atoms with Gasteiger partial charge in [-0.2, -0.15) is 0 Å². The van der Waals surface area contributed by atoms with Crippen molar-refractivity contribution in [2.75, 3.05) is 56.6 Å². The maximum Gasteiger partial charge on any atom is 0.331 e. The van der Waals surface area contributed by atoms with Crippen LogP contribution in [-0.4, -0.2) is 88.8 Å². The lowest BCUT2D eigenvalue weighted by Gasteiger charge is -2.35. The second-order valence-electron chi connectivity index (χ2n) is 6.13. The van der Waals surface area contributed by atoms with Crippen molar-refractivity contribution >= 4 is 28.5 Å². The molecule has 0 bridgehead atoms. The Morgan fingerprint density at radius 3 is 2.81 bits per heavy atom. The third-order valence-electron chi connectivity index (χ3n) is 4.42. The molecule has 2 aliphatic rings. The molecule has 26 heavy (non-hydrogen) atoms. The number of nitrogens with zero attached hydrogens (tertiary/aromatic N) is 4. The first-order chi connectivity index (χ1) is 12.6. The maximum atomic E-state index is 11.8. The minimum atomic E-state index is -0.532. The van der Waals surface area contributed by atoms with Crippen LogP contribution in [0.3, 0.4) is 0 Å². The highest BCUT2D eigenvalue weighted by Crippen LogP contribution is 2.30. The van der Waals surface area contributed by atoms with E-state index in [1.165, 1.54) is 11.8 Å². The number of aromatic hydroxyl groups is 1. The fourth-order valence-electron chi connectivity index (χ4n) is 3.01. The molecular weight excluding hydrogens is 356 g/mol. The zero-order valence-electron chi connectivity index (χ0n) is 14.8. The molecule has 2 N–H and O–H groups in total. The van der Waals surface area contributed by atoms with Gasteiger partial charge in [-0.25, -0.2) is 9.78 Å². The third kappa shape index (κ3) is 4.28. The topological polar surface area (TPSA) is 98.5 Å². The summed E-state index contributed by atoms with van der Waals surface area (Å²) in [4.78, 5) is 24.9. The molecule has 0 aromatic carbocycles. The summed E-state index contributed by atoms with van der Waals surface area (Å²) >= 11 is 1.40. The number of β-amino-alcohol motifs (C(OH)–C–C–N with tert-alkyl or cyclic N) is 1. The molecule has 1 atom stereocenters. The predicted molar refractivity (Wildman–Crippen MR) is 101 cm³/mol. The van der Waals surface area contributed by atoms with E-state index < -0.39 is 6.04 Å². The summed E-state index contributed by atoms with van der Waals surface area (Å²) in [6.45, 7) is 6.33. The highest BCUT2D eigenvalue weighted by Gasteiger charge is 2.29. The Morgan fingerprint density at radius 1 is 1.38 bits per heavy atom. The number of esters is 1. The molecule has 3 rings (SSSR count). The van der Waals surface area contributed by atoms with Crippen LogP contribution in [0.5, 0.6) is 5.75 Å². The molecule has 1 aromatic rings. The molecule has 0 radical (unpaired) electrons. The Balaban J connectivity index is 1.67. The van der Waals surface area contributed by atoms with Gasteiger partial charge in [0.15, 0.2) is 6.04 Å². The molecule has 0 spiro atoms. The van der Waals surface area contributed by atoms with Crippen molar-refractivity contribution in [3.8, 4) is 5.75 Å². The number of hydrogen-bond acceptors (Lipinski definition) is 9. The molecule has 0 amide bonds. The Morgan fingerprint density at radius 2 is 2.15 bits per heavy atom. The number of rotatable bonds is 6. The third-order valence-corrected chi connectivity index (χ3v) is 5.47. The number of hydrogen-bond donors (Lipinski definition) is 2. The second kappa shape index (κ2) is 8.70. The number of thioether (sulfide) groups is 1. The van der Waals surface area contributed by atoms with Crippen LogP contribution in [0.15, 0.2) is 17.3 Å². The van der Waals surface area contributed by atoms with Gasteiger partial charge >= 0.3 is 5.97 Å². The van der Waals surface area contributed by atoms with E-state index in [4.69, 9.17) is 9.84 Å². The molecule has 9 heteroatoms. The summed E-state index contributed by atoms with van der Waals surface area (Å²) in [6, 6.07) is 1.17. The van der Waals surface area contributed by atoms with E-state index >= 15 is 0 Å². The number of aliphatic imine (C=N–C) groups is 1. The fourth-order valence-corrected chi connectivity index (χ4v) is 4.04. The lowest BCUT2D eigenvalue weighted by atomic mass is 10.2. The Kier molecular flexibility index (Phi) is 6.33. The zero-order chi connectivity index (χ0) is 18.5. The predicted octanol–water partition coefficient (Wildman–Crippen LogP) is 0.327. The number of aliphatic hydroxyl groups is 1. The summed E-state index contributed by atoms with van der Waals surface area (Å²) in [5, 5.41) is 20.0. The van der Waals surface area contributed by atoms with Crippen LogP contribution in [-0.2, 0) is 9.53 Å². The van der Waals surface area contributed by atoms with Gasteiger partial charge in [-0.05, 0) is 6.92 Å². The molecule has 0 unspecified atom stereocenters. The number of piperazine rings is 1. The lowest BCUT2D eigenvalue weighted by molar-refractivity contribution is -0.143. The maximum absolute atomic E-state index is 11.8. The van der Waals surface area contributed by atoms with Crippen LogP contribution in [0.4, 0.5) is 5.69 Å². The Labute approximate surface area is 156 Å².